The summed E-state index contributed by atoms with van der Waals surface area (Å²) in [5, 5.41) is 11.8. The Morgan fingerprint density at radius 2 is 1.96 bits per heavy atom. The number of alkyl carbamates (subject to hydrolysis) is 1. The summed E-state index contributed by atoms with van der Waals surface area (Å²) in [6, 6.07) is -0.990. The van der Waals surface area contributed by atoms with Crippen LogP contribution in [-0.2, 0) is 19.1 Å². The summed E-state index contributed by atoms with van der Waals surface area (Å²) in [4.78, 5) is 46.7. The number of carboxylic acid groups (broad SMARTS) is 1. The molecule has 1 fully saturated rings. The van der Waals surface area contributed by atoms with E-state index in [0.717, 1.165) is 4.90 Å². The Labute approximate surface area is 135 Å². The summed E-state index contributed by atoms with van der Waals surface area (Å²) >= 11 is 0. The average molecular weight is 328 g/mol. The van der Waals surface area contributed by atoms with E-state index in [1.165, 1.54) is 0 Å². The van der Waals surface area contributed by atoms with Crippen molar-refractivity contribution in [1.82, 2.24) is 10.2 Å². The number of carbonyl (C=O) groups excluding carboxylic acids is 3. The molecule has 8 heteroatoms. The molecule has 0 aromatic rings. The molecule has 23 heavy (non-hydrogen) atoms. The van der Waals surface area contributed by atoms with Crippen molar-refractivity contribution in [2.45, 2.75) is 58.1 Å². The lowest BCUT2D eigenvalue weighted by molar-refractivity contribution is -0.148. The Kier molecular flexibility index (Phi) is 6.53. The van der Waals surface area contributed by atoms with E-state index in [-0.39, 0.29) is 25.2 Å². The molecular weight excluding hydrogens is 304 g/mol. The Morgan fingerprint density at radius 1 is 1.30 bits per heavy atom. The summed E-state index contributed by atoms with van der Waals surface area (Å²) in [6.45, 7) is 5.51. The van der Waals surface area contributed by atoms with E-state index < -0.39 is 29.6 Å². The molecule has 0 radical (unpaired) electrons. The highest BCUT2D eigenvalue weighted by atomic mass is 16.6. The zero-order valence-electron chi connectivity index (χ0n) is 13.8. The Morgan fingerprint density at radius 3 is 2.43 bits per heavy atom. The number of nitrogens with one attached hydrogen (secondary N) is 1. The predicted molar refractivity (Wildman–Crippen MR) is 80.8 cm³/mol. The lowest BCUT2D eigenvalue weighted by Gasteiger charge is -2.23. The number of amides is 2. The largest absolute Gasteiger partial charge is 0.480 e. The van der Waals surface area contributed by atoms with Crippen LogP contribution in [0.4, 0.5) is 4.79 Å². The first kappa shape index (κ1) is 18.9. The minimum Gasteiger partial charge on any atom is -0.480 e. The van der Waals surface area contributed by atoms with Gasteiger partial charge in [0.25, 0.3) is 0 Å². The van der Waals surface area contributed by atoms with E-state index in [4.69, 9.17) is 4.74 Å². The molecule has 0 spiro atoms. The zero-order chi connectivity index (χ0) is 17.6. The smallest absolute Gasteiger partial charge is 0.407 e. The number of Topliss-reactive ketones (excluding diaryl/α,β-unsaturated/α-hetero) is 1. The number of carbonyl (C=O) groups is 4. The van der Waals surface area contributed by atoms with Crippen LogP contribution in [0.1, 0.15) is 46.5 Å². The number of carboxylic acids is 1. The molecule has 0 saturated carbocycles. The molecular formula is C15H24N2O6. The van der Waals surface area contributed by atoms with Gasteiger partial charge in [0.15, 0.2) is 5.78 Å². The number of aliphatic carboxylic acids is 1. The summed E-state index contributed by atoms with van der Waals surface area (Å²) in [5.41, 5.74) is -0.568. The number of ether oxygens (including phenoxy) is 1. The van der Waals surface area contributed by atoms with Crippen LogP contribution >= 0.6 is 0 Å². The molecule has 2 N–H and O–H groups in total. The monoisotopic (exact) mass is 328 g/mol. The first-order valence-electron chi connectivity index (χ1n) is 7.61. The number of nitrogens with zero attached hydrogens (tertiary/aromatic N) is 1. The lowest BCUT2D eigenvalue weighted by Crippen LogP contribution is -2.42. The predicted octanol–water partition coefficient (Wildman–Crippen LogP) is 0.936. The Bertz CT molecular complexity index is 483. The van der Waals surface area contributed by atoms with Crippen LogP contribution in [0.15, 0.2) is 0 Å². The van der Waals surface area contributed by atoms with Gasteiger partial charge in [0.1, 0.15) is 11.6 Å². The molecule has 0 aromatic heterocycles. The first-order valence-corrected chi connectivity index (χ1v) is 7.61. The zero-order valence-corrected chi connectivity index (χ0v) is 13.8. The first-order chi connectivity index (χ1) is 10.6. The molecule has 2 amide bonds. The number of hydrogen-bond acceptors (Lipinski definition) is 5. The van der Waals surface area contributed by atoms with Gasteiger partial charge in [-0.25, -0.2) is 9.59 Å². The quantitative estimate of drug-likeness (QED) is 0.531. The number of ketones is 1. The van der Waals surface area contributed by atoms with Crippen LogP contribution in [0.3, 0.4) is 0 Å². The molecule has 1 saturated heterocycles. The van der Waals surface area contributed by atoms with Crippen LogP contribution in [-0.4, -0.2) is 58.5 Å². The van der Waals surface area contributed by atoms with Gasteiger partial charge in [0.05, 0.1) is 13.0 Å². The molecule has 0 unspecified atom stereocenters. The minimum absolute atomic E-state index is 0.133. The standard InChI is InChI=1S/C15H24N2O6/c1-15(2,3)23-14(22)16-7-5-4-6-11(13(20)21)17-9-10(18)8-12(17)19/h11H,4-9H2,1-3H3,(H,16,22)(H,20,21)/t11-/m0/s1. The van der Waals surface area contributed by atoms with Gasteiger partial charge in [0.2, 0.25) is 5.91 Å². The molecule has 0 aliphatic carbocycles. The van der Waals surface area contributed by atoms with Crippen LogP contribution in [0, 0.1) is 0 Å². The third-order valence-electron chi connectivity index (χ3n) is 3.25. The number of likely N-dealkylation sites (tertiary alicyclic amines) is 1. The van der Waals surface area contributed by atoms with Gasteiger partial charge in [-0.3, -0.25) is 9.59 Å². The van der Waals surface area contributed by atoms with Crippen LogP contribution in [0.25, 0.3) is 0 Å². The van der Waals surface area contributed by atoms with Crippen molar-refractivity contribution in [2.75, 3.05) is 13.1 Å². The number of rotatable bonds is 7. The van der Waals surface area contributed by atoms with Gasteiger partial charge in [-0.1, -0.05) is 0 Å². The molecule has 1 rings (SSSR count). The van der Waals surface area contributed by atoms with Crippen molar-refractivity contribution in [1.29, 1.82) is 0 Å². The van der Waals surface area contributed by atoms with Gasteiger partial charge in [0, 0.05) is 6.54 Å². The second kappa shape index (κ2) is 7.94. The summed E-state index contributed by atoms with van der Waals surface area (Å²) in [7, 11) is 0. The maximum Gasteiger partial charge on any atom is 0.407 e. The van der Waals surface area contributed by atoms with E-state index in [2.05, 4.69) is 5.32 Å². The van der Waals surface area contributed by atoms with E-state index in [1.54, 1.807) is 20.8 Å². The van der Waals surface area contributed by atoms with Crippen molar-refractivity contribution < 1.29 is 29.0 Å². The number of hydrogen-bond donors (Lipinski definition) is 2. The Hall–Kier alpha value is -2.12. The van der Waals surface area contributed by atoms with Crippen LogP contribution < -0.4 is 5.32 Å². The van der Waals surface area contributed by atoms with Crippen molar-refractivity contribution >= 4 is 23.8 Å². The van der Waals surface area contributed by atoms with Crippen molar-refractivity contribution in [2.24, 2.45) is 0 Å². The highest BCUT2D eigenvalue weighted by Crippen LogP contribution is 2.16. The second-order valence-corrected chi connectivity index (χ2v) is 6.52. The van der Waals surface area contributed by atoms with E-state index in [9.17, 15) is 24.3 Å². The molecule has 130 valence electrons. The van der Waals surface area contributed by atoms with Crippen LogP contribution in [0.5, 0.6) is 0 Å². The third-order valence-corrected chi connectivity index (χ3v) is 3.25. The fourth-order valence-electron chi connectivity index (χ4n) is 2.27. The highest BCUT2D eigenvalue weighted by molar-refractivity contribution is 6.06. The lowest BCUT2D eigenvalue weighted by atomic mass is 10.1. The summed E-state index contributed by atoms with van der Waals surface area (Å²) in [6.07, 6.45) is 0.561. The molecule has 8 nitrogen and oxygen atoms in total. The number of unbranched alkanes of at least 4 members (excludes halogenated alkanes) is 1. The van der Waals surface area contributed by atoms with E-state index in [1.807, 2.05) is 0 Å². The van der Waals surface area contributed by atoms with E-state index in [0.29, 0.717) is 19.4 Å². The van der Waals surface area contributed by atoms with Gasteiger partial charge in [-0.05, 0) is 40.0 Å². The normalized spacial score (nSPS) is 16.4. The maximum absolute atomic E-state index is 11.6. The molecule has 0 bridgehead atoms. The van der Waals surface area contributed by atoms with Crippen molar-refractivity contribution in [3.05, 3.63) is 0 Å². The van der Waals surface area contributed by atoms with Gasteiger partial charge in [-0.15, -0.1) is 0 Å². The van der Waals surface area contributed by atoms with Gasteiger partial charge < -0.3 is 20.1 Å². The average Bonchev–Trinajstić information content (AvgIpc) is 2.70. The summed E-state index contributed by atoms with van der Waals surface area (Å²) in [5.74, 6) is -1.81. The topological polar surface area (TPSA) is 113 Å². The highest BCUT2D eigenvalue weighted by Gasteiger charge is 2.36. The van der Waals surface area contributed by atoms with Crippen molar-refractivity contribution in [3.63, 3.8) is 0 Å². The maximum atomic E-state index is 11.6. The minimum atomic E-state index is -1.12. The van der Waals surface area contributed by atoms with E-state index >= 15 is 0 Å². The summed E-state index contributed by atoms with van der Waals surface area (Å²) < 4.78 is 5.08. The van der Waals surface area contributed by atoms with Gasteiger partial charge >= 0.3 is 12.1 Å². The van der Waals surface area contributed by atoms with Gasteiger partial charge in [-0.2, -0.15) is 0 Å². The molecule has 0 aromatic carbocycles. The third kappa shape index (κ3) is 6.66. The second-order valence-electron chi connectivity index (χ2n) is 6.52. The fourth-order valence-corrected chi connectivity index (χ4v) is 2.27. The molecule has 1 aliphatic heterocycles. The van der Waals surface area contributed by atoms with Crippen LogP contribution in [0.2, 0.25) is 0 Å². The SMILES string of the molecule is CC(C)(C)OC(=O)NCCCC[C@@H](C(=O)O)N1CC(=O)CC1=O. The molecule has 1 heterocycles. The molecule has 1 atom stereocenters. The fraction of sp³-hybridized carbons (Fsp3) is 0.733. The molecule has 1 aliphatic rings. The Balaban J connectivity index is 2.32. The van der Waals surface area contributed by atoms with Crippen molar-refractivity contribution in [3.8, 4) is 0 Å².